The van der Waals surface area contributed by atoms with Crippen molar-refractivity contribution in [3.63, 3.8) is 0 Å². The first-order chi connectivity index (χ1) is 8.80. The molecule has 0 aliphatic rings. The first-order valence-corrected chi connectivity index (χ1v) is 6.24. The van der Waals surface area contributed by atoms with Gasteiger partial charge in [0.1, 0.15) is 0 Å². The number of carbonyl (C=O) groups excluding carboxylic acids is 1. The molecule has 19 heavy (non-hydrogen) atoms. The maximum absolute atomic E-state index is 12.6. The van der Waals surface area contributed by atoms with Gasteiger partial charge in [0.05, 0.1) is 5.56 Å². The zero-order valence-electron chi connectivity index (χ0n) is 9.91. The van der Waals surface area contributed by atoms with Gasteiger partial charge in [-0.15, -0.1) is 11.3 Å². The third kappa shape index (κ3) is 2.63. The Bertz CT molecular complexity index is 631. The lowest BCUT2D eigenvalue weighted by Gasteiger charge is -2.10. The Morgan fingerprint density at radius 2 is 1.89 bits per heavy atom. The van der Waals surface area contributed by atoms with E-state index in [-0.39, 0.29) is 11.3 Å². The van der Waals surface area contributed by atoms with Crippen LogP contribution >= 0.6 is 11.3 Å². The molecule has 0 radical (unpaired) electrons. The van der Waals surface area contributed by atoms with E-state index in [1.807, 2.05) is 0 Å². The van der Waals surface area contributed by atoms with Crippen LogP contribution in [0.1, 0.15) is 26.4 Å². The summed E-state index contributed by atoms with van der Waals surface area (Å²) in [6, 6.07) is 4.36. The molecule has 0 bridgehead atoms. The number of rotatable bonds is 2. The molecule has 2 N–H and O–H groups in total. The number of aryl methyl sites for hydroxylation is 1. The van der Waals surface area contributed by atoms with Crippen LogP contribution in [0.25, 0.3) is 0 Å². The standard InChI is InChI=1S/C13H10F3NOS/c1-7-9(4-5-19-7)12(18)10-6-8(13(14,15)16)2-3-11(10)17/h2-6H,17H2,1H3. The fourth-order valence-corrected chi connectivity index (χ4v) is 2.39. The molecule has 0 saturated carbocycles. The van der Waals surface area contributed by atoms with Crippen molar-refractivity contribution in [2.75, 3.05) is 5.73 Å². The fourth-order valence-electron chi connectivity index (χ4n) is 1.69. The van der Waals surface area contributed by atoms with Crippen LogP contribution in [-0.4, -0.2) is 5.78 Å². The Balaban J connectivity index is 2.51. The topological polar surface area (TPSA) is 43.1 Å². The Morgan fingerprint density at radius 1 is 1.21 bits per heavy atom. The molecule has 2 aromatic rings. The highest BCUT2D eigenvalue weighted by atomic mass is 32.1. The minimum atomic E-state index is -4.49. The average Bonchev–Trinajstić information content (AvgIpc) is 2.73. The van der Waals surface area contributed by atoms with Gasteiger partial charge in [-0.1, -0.05) is 0 Å². The molecule has 1 heterocycles. The predicted molar refractivity (Wildman–Crippen MR) is 68.3 cm³/mol. The lowest BCUT2D eigenvalue weighted by Crippen LogP contribution is -2.10. The van der Waals surface area contributed by atoms with Crippen molar-refractivity contribution in [1.29, 1.82) is 0 Å². The largest absolute Gasteiger partial charge is 0.416 e. The number of hydrogen-bond acceptors (Lipinski definition) is 3. The van der Waals surface area contributed by atoms with Gasteiger partial charge in [0, 0.05) is 21.7 Å². The maximum Gasteiger partial charge on any atom is 0.416 e. The van der Waals surface area contributed by atoms with Crippen LogP contribution < -0.4 is 5.73 Å². The van der Waals surface area contributed by atoms with E-state index >= 15 is 0 Å². The Kier molecular flexibility index (Phi) is 3.36. The number of thiophene rings is 1. The van der Waals surface area contributed by atoms with Gasteiger partial charge in [0.15, 0.2) is 5.78 Å². The van der Waals surface area contributed by atoms with Crippen LogP contribution in [0, 0.1) is 6.92 Å². The molecular weight excluding hydrogens is 275 g/mol. The molecule has 0 amide bonds. The van der Waals surface area contributed by atoms with E-state index in [9.17, 15) is 18.0 Å². The SMILES string of the molecule is Cc1sccc1C(=O)c1cc(C(F)(F)F)ccc1N. The van der Waals surface area contributed by atoms with E-state index < -0.39 is 17.5 Å². The zero-order chi connectivity index (χ0) is 14.2. The molecule has 100 valence electrons. The van der Waals surface area contributed by atoms with Gasteiger partial charge in [-0.25, -0.2) is 0 Å². The first kappa shape index (κ1) is 13.6. The second-order valence-corrected chi connectivity index (χ2v) is 5.14. The second kappa shape index (κ2) is 4.70. The van der Waals surface area contributed by atoms with Crippen LogP contribution in [0.15, 0.2) is 29.6 Å². The summed E-state index contributed by atoms with van der Waals surface area (Å²) in [5.41, 5.74) is 5.04. The minimum Gasteiger partial charge on any atom is -0.398 e. The number of ketones is 1. The zero-order valence-corrected chi connectivity index (χ0v) is 10.7. The van der Waals surface area contributed by atoms with Gasteiger partial charge in [-0.3, -0.25) is 4.79 Å². The van der Waals surface area contributed by atoms with Crippen molar-refractivity contribution in [2.24, 2.45) is 0 Å². The Morgan fingerprint density at radius 3 is 2.42 bits per heavy atom. The quantitative estimate of drug-likeness (QED) is 0.672. The van der Waals surface area contributed by atoms with Crippen molar-refractivity contribution in [1.82, 2.24) is 0 Å². The van der Waals surface area contributed by atoms with Gasteiger partial charge in [-0.2, -0.15) is 13.2 Å². The van der Waals surface area contributed by atoms with Crippen LogP contribution in [-0.2, 0) is 6.18 Å². The van der Waals surface area contributed by atoms with Gasteiger partial charge < -0.3 is 5.73 Å². The number of nitrogen functional groups attached to an aromatic ring is 1. The van der Waals surface area contributed by atoms with Crippen molar-refractivity contribution >= 4 is 22.8 Å². The van der Waals surface area contributed by atoms with Gasteiger partial charge in [-0.05, 0) is 36.6 Å². The van der Waals surface area contributed by atoms with E-state index in [0.717, 1.165) is 23.1 Å². The monoisotopic (exact) mass is 285 g/mol. The van der Waals surface area contributed by atoms with Crippen molar-refractivity contribution in [3.05, 3.63) is 51.2 Å². The summed E-state index contributed by atoms with van der Waals surface area (Å²) in [6.07, 6.45) is -4.49. The third-order valence-corrected chi connectivity index (χ3v) is 3.57. The molecule has 2 nitrogen and oxygen atoms in total. The number of hydrogen-bond donors (Lipinski definition) is 1. The lowest BCUT2D eigenvalue weighted by atomic mass is 10.00. The lowest BCUT2D eigenvalue weighted by molar-refractivity contribution is -0.137. The highest BCUT2D eigenvalue weighted by Gasteiger charge is 2.31. The van der Waals surface area contributed by atoms with Crippen molar-refractivity contribution < 1.29 is 18.0 Å². The summed E-state index contributed by atoms with van der Waals surface area (Å²) in [5, 5.41) is 1.71. The number of anilines is 1. The molecule has 0 unspecified atom stereocenters. The summed E-state index contributed by atoms with van der Waals surface area (Å²) < 4.78 is 37.9. The van der Waals surface area contributed by atoms with E-state index in [1.165, 1.54) is 11.3 Å². The number of alkyl halides is 3. The Hall–Kier alpha value is -1.82. The summed E-state index contributed by atoms with van der Waals surface area (Å²) in [7, 11) is 0. The summed E-state index contributed by atoms with van der Waals surface area (Å²) >= 11 is 1.36. The number of nitrogens with two attached hydrogens (primary N) is 1. The Labute approximate surface area is 111 Å². The van der Waals surface area contributed by atoms with Gasteiger partial charge in [0.25, 0.3) is 0 Å². The van der Waals surface area contributed by atoms with Crippen LogP contribution in [0.4, 0.5) is 18.9 Å². The molecule has 0 aliphatic carbocycles. The summed E-state index contributed by atoms with van der Waals surface area (Å²) in [5.74, 6) is -0.484. The molecule has 0 fully saturated rings. The molecule has 1 aromatic heterocycles. The fraction of sp³-hybridized carbons (Fsp3) is 0.154. The van der Waals surface area contributed by atoms with Crippen LogP contribution in [0.3, 0.4) is 0 Å². The van der Waals surface area contributed by atoms with E-state index in [2.05, 4.69) is 0 Å². The van der Waals surface area contributed by atoms with E-state index in [4.69, 9.17) is 5.73 Å². The maximum atomic E-state index is 12.6. The highest BCUT2D eigenvalue weighted by molar-refractivity contribution is 7.10. The van der Waals surface area contributed by atoms with Crippen molar-refractivity contribution in [2.45, 2.75) is 13.1 Å². The molecule has 6 heteroatoms. The van der Waals surface area contributed by atoms with E-state index in [0.29, 0.717) is 5.56 Å². The molecule has 0 atom stereocenters. The number of carbonyl (C=O) groups is 1. The first-order valence-electron chi connectivity index (χ1n) is 5.36. The van der Waals surface area contributed by atoms with Gasteiger partial charge in [0.2, 0.25) is 0 Å². The molecular formula is C13H10F3NOS. The predicted octanol–water partition coefficient (Wildman–Crippen LogP) is 3.89. The third-order valence-electron chi connectivity index (χ3n) is 2.73. The minimum absolute atomic E-state index is 0.0450. The smallest absolute Gasteiger partial charge is 0.398 e. The number of benzene rings is 1. The number of halogens is 3. The molecule has 2 rings (SSSR count). The molecule has 1 aromatic carbocycles. The molecule has 0 aliphatic heterocycles. The second-order valence-electron chi connectivity index (χ2n) is 4.02. The van der Waals surface area contributed by atoms with E-state index in [1.54, 1.807) is 18.4 Å². The average molecular weight is 285 g/mol. The van der Waals surface area contributed by atoms with Crippen molar-refractivity contribution in [3.8, 4) is 0 Å². The van der Waals surface area contributed by atoms with Crippen LogP contribution in [0.5, 0.6) is 0 Å². The summed E-state index contributed by atoms with van der Waals surface area (Å²) in [6.45, 7) is 1.74. The molecule has 0 spiro atoms. The molecule has 0 saturated heterocycles. The normalized spacial score (nSPS) is 11.6. The highest BCUT2D eigenvalue weighted by Crippen LogP contribution is 2.32. The van der Waals surface area contributed by atoms with Gasteiger partial charge >= 0.3 is 6.18 Å². The summed E-state index contributed by atoms with van der Waals surface area (Å²) in [4.78, 5) is 12.9. The van der Waals surface area contributed by atoms with Crippen LogP contribution in [0.2, 0.25) is 0 Å².